The fourth-order valence-corrected chi connectivity index (χ4v) is 3.02. The van der Waals surface area contributed by atoms with Crippen molar-refractivity contribution in [3.63, 3.8) is 0 Å². The summed E-state index contributed by atoms with van der Waals surface area (Å²) >= 11 is 0. The number of nitrogens with one attached hydrogen (secondary N) is 2. The summed E-state index contributed by atoms with van der Waals surface area (Å²) in [5.41, 5.74) is 2.03. The molecule has 1 aliphatic rings. The van der Waals surface area contributed by atoms with Gasteiger partial charge in [-0.1, -0.05) is 30.3 Å². The molecular weight excluding hydrogens is 455 g/mol. The Balaban J connectivity index is 0.00000261. The molecule has 1 saturated heterocycles. The summed E-state index contributed by atoms with van der Waals surface area (Å²) in [5.74, 6) is 1.63. The molecule has 2 aromatic carbocycles. The van der Waals surface area contributed by atoms with Crippen LogP contribution in [0.3, 0.4) is 0 Å². The van der Waals surface area contributed by atoms with E-state index in [0.717, 1.165) is 17.0 Å². The highest BCUT2D eigenvalue weighted by Gasteiger charge is 2.30. The molecule has 0 spiro atoms. The summed E-state index contributed by atoms with van der Waals surface area (Å²) in [6.45, 7) is 1.25. The van der Waals surface area contributed by atoms with Gasteiger partial charge >= 0.3 is 0 Å². The summed E-state index contributed by atoms with van der Waals surface area (Å²) in [6.07, 6.45) is 0.453. The largest absolute Gasteiger partial charge is 0.497 e. The van der Waals surface area contributed by atoms with Gasteiger partial charge in [-0.25, -0.2) is 0 Å². The van der Waals surface area contributed by atoms with Crippen molar-refractivity contribution in [1.29, 1.82) is 0 Å². The van der Waals surface area contributed by atoms with Crippen molar-refractivity contribution in [2.24, 2.45) is 4.99 Å². The highest BCUT2D eigenvalue weighted by atomic mass is 127. The number of rotatable bonds is 5. The number of aliphatic imine (C=N–C) groups is 1. The van der Waals surface area contributed by atoms with E-state index in [1.165, 1.54) is 0 Å². The molecule has 0 bridgehead atoms. The lowest BCUT2D eigenvalue weighted by Gasteiger charge is -2.19. The summed E-state index contributed by atoms with van der Waals surface area (Å²) in [7, 11) is 3.38. The summed E-state index contributed by atoms with van der Waals surface area (Å²) < 4.78 is 5.24. The number of amides is 1. The highest BCUT2D eigenvalue weighted by Crippen LogP contribution is 2.21. The maximum atomic E-state index is 12.3. The van der Waals surface area contributed by atoms with Crippen molar-refractivity contribution in [3.8, 4) is 5.75 Å². The number of methoxy groups -OCH3 is 1. The molecule has 1 amide bonds. The average Bonchev–Trinajstić information content (AvgIpc) is 3.06. The fraction of sp³-hybridized carbons (Fsp3) is 0.300. The number of ether oxygens (including phenoxy) is 1. The molecule has 1 fully saturated rings. The summed E-state index contributed by atoms with van der Waals surface area (Å²) in [6, 6.07) is 17.7. The molecule has 0 radical (unpaired) electrons. The molecule has 1 aliphatic heterocycles. The minimum absolute atomic E-state index is 0. The van der Waals surface area contributed by atoms with Crippen molar-refractivity contribution >= 4 is 41.5 Å². The van der Waals surface area contributed by atoms with E-state index < -0.39 is 0 Å². The van der Waals surface area contributed by atoms with Gasteiger partial charge in [-0.15, -0.1) is 24.0 Å². The number of para-hydroxylation sites is 1. The van der Waals surface area contributed by atoms with E-state index in [-0.39, 0.29) is 35.9 Å². The number of hydrogen-bond acceptors (Lipinski definition) is 3. The first kappa shape index (κ1) is 21.0. The third-order valence-corrected chi connectivity index (χ3v) is 4.35. The first-order chi connectivity index (χ1) is 12.7. The highest BCUT2D eigenvalue weighted by molar-refractivity contribution is 14.0. The number of halogens is 1. The third-order valence-electron chi connectivity index (χ3n) is 4.35. The molecular formula is C20H25IN4O2. The lowest BCUT2D eigenvalue weighted by Crippen LogP contribution is -2.44. The van der Waals surface area contributed by atoms with Crippen LogP contribution in [0.15, 0.2) is 59.6 Å². The molecule has 1 heterocycles. The Morgan fingerprint density at radius 1 is 1.22 bits per heavy atom. The Kier molecular flexibility index (Phi) is 7.90. The molecule has 1 unspecified atom stereocenters. The molecule has 0 saturated carbocycles. The van der Waals surface area contributed by atoms with Gasteiger partial charge in [0.05, 0.1) is 13.2 Å². The van der Waals surface area contributed by atoms with Crippen molar-refractivity contribution in [3.05, 3.63) is 60.2 Å². The number of hydrogen-bond donors (Lipinski definition) is 2. The minimum Gasteiger partial charge on any atom is -0.497 e. The van der Waals surface area contributed by atoms with Gasteiger partial charge in [-0.3, -0.25) is 9.79 Å². The maximum Gasteiger partial charge on any atom is 0.229 e. The predicted molar refractivity (Wildman–Crippen MR) is 119 cm³/mol. The standard InChI is InChI=1S/C20H24N4O2.HI/c1-21-20(22-13-15-7-6-10-18(11-15)26-2)23-16-12-19(25)24(14-16)17-8-4-3-5-9-17;/h3-11,16H,12-14H2,1-2H3,(H2,21,22,23);1H. The molecule has 6 nitrogen and oxygen atoms in total. The van der Waals surface area contributed by atoms with Gasteiger partial charge in [-0.2, -0.15) is 0 Å². The average molecular weight is 480 g/mol. The van der Waals surface area contributed by atoms with Gasteiger partial charge < -0.3 is 20.3 Å². The molecule has 144 valence electrons. The monoisotopic (exact) mass is 480 g/mol. The minimum atomic E-state index is 0. The Labute approximate surface area is 177 Å². The van der Waals surface area contributed by atoms with Crippen LogP contribution in [-0.2, 0) is 11.3 Å². The first-order valence-electron chi connectivity index (χ1n) is 8.65. The van der Waals surface area contributed by atoms with Crippen molar-refractivity contribution in [2.75, 3.05) is 25.6 Å². The molecule has 7 heteroatoms. The predicted octanol–water partition coefficient (Wildman–Crippen LogP) is 2.78. The van der Waals surface area contributed by atoms with Crippen LogP contribution in [0.4, 0.5) is 5.69 Å². The van der Waals surface area contributed by atoms with Gasteiger partial charge in [0, 0.05) is 32.2 Å². The van der Waals surface area contributed by atoms with Crippen LogP contribution in [0.5, 0.6) is 5.75 Å². The Hall–Kier alpha value is -2.29. The maximum absolute atomic E-state index is 12.3. The van der Waals surface area contributed by atoms with Gasteiger partial charge in [0.2, 0.25) is 5.91 Å². The molecule has 2 aromatic rings. The first-order valence-corrected chi connectivity index (χ1v) is 8.65. The van der Waals surface area contributed by atoms with Crippen LogP contribution in [-0.4, -0.2) is 38.6 Å². The van der Waals surface area contributed by atoms with E-state index in [0.29, 0.717) is 25.5 Å². The Morgan fingerprint density at radius 3 is 2.70 bits per heavy atom. The number of guanidine groups is 1. The number of nitrogens with zero attached hydrogens (tertiary/aromatic N) is 2. The van der Waals surface area contributed by atoms with Crippen LogP contribution < -0.4 is 20.3 Å². The van der Waals surface area contributed by atoms with Crippen molar-refractivity contribution < 1.29 is 9.53 Å². The second-order valence-electron chi connectivity index (χ2n) is 6.16. The number of carbonyl (C=O) groups excluding carboxylic acids is 1. The van der Waals surface area contributed by atoms with Crippen LogP contribution in [0.1, 0.15) is 12.0 Å². The van der Waals surface area contributed by atoms with Gasteiger partial charge in [0.25, 0.3) is 0 Å². The lowest BCUT2D eigenvalue weighted by molar-refractivity contribution is -0.117. The molecule has 1 atom stereocenters. The zero-order chi connectivity index (χ0) is 18.4. The summed E-state index contributed by atoms with van der Waals surface area (Å²) in [5, 5.41) is 6.63. The Morgan fingerprint density at radius 2 is 2.00 bits per heavy atom. The summed E-state index contributed by atoms with van der Waals surface area (Å²) in [4.78, 5) is 18.4. The van der Waals surface area contributed by atoms with Gasteiger partial charge in [0.15, 0.2) is 5.96 Å². The van der Waals surface area contributed by atoms with Gasteiger partial charge in [-0.05, 0) is 29.8 Å². The SMILES string of the molecule is CN=C(NCc1cccc(OC)c1)NC1CC(=O)N(c2ccccc2)C1.I. The van der Waals surface area contributed by atoms with Gasteiger partial charge in [0.1, 0.15) is 5.75 Å². The zero-order valence-electron chi connectivity index (χ0n) is 15.5. The Bertz CT molecular complexity index is 783. The molecule has 2 N–H and O–H groups in total. The second-order valence-corrected chi connectivity index (χ2v) is 6.16. The van der Waals surface area contributed by atoms with E-state index in [4.69, 9.17) is 4.74 Å². The molecule has 0 aromatic heterocycles. The van der Waals surface area contributed by atoms with E-state index in [9.17, 15) is 4.79 Å². The lowest BCUT2D eigenvalue weighted by atomic mass is 10.2. The number of benzene rings is 2. The van der Waals surface area contributed by atoms with Crippen LogP contribution in [0.25, 0.3) is 0 Å². The van der Waals surface area contributed by atoms with Crippen LogP contribution in [0, 0.1) is 0 Å². The van der Waals surface area contributed by atoms with Crippen molar-refractivity contribution in [1.82, 2.24) is 10.6 Å². The van der Waals surface area contributed by atoms with E-state index in [1.807, 2.05) is 59.5 Å². The topological polar surface area (TPSA) is 66.0 Å². The smallest absolute Gasteiger partial charge is 0.229 e. The second kappa shape index (κ2) is 10.1. The zero-order valence-corrected chi connectivity index (χ0v) is 17.8. The van der Waals surface area contributed by atoms with Crippen LogP contribution >= 0.6 is 24.0 Å². The molecule has 3 rings (SSSR count). The molecule has 27 heavy (non-hydrogen) atoms. The van der Waals surface area contributed by atoms with E-state index in [2.05, 4.69) is 15.6 Å². The third kappa shape index (κ3) is 5.59. The normalized spacial score (nSPS) is 16.7. The quantitative estimate of drug-likeness (QED) is 0.393. The van der Waals surface area contributed by atoms with Crippen LogP contribution in [0.2, 0.25) is 0 Å². The number of anilines is 1. The van der Waals surface area contributed by atoms with E-state index in [1.54, 1.807) is 14.2 Å². The van der Waals surface area contributed by atoms with Crippen molar-refractivity contribution in [2.45, 2.75) is 19.0 Å². The number of carbonyl (C=O) groups is 1. The fourth-order valence-electron chi connectivity index (χ4n) is 3.02. The molecule has 0 aliphatic carbocycles. The van der Waals surface area contributed by atoms with E-state index >= 15 is 0 Å².